The van der Waals surface area contributed by atoms with Crippen LogP contribution in [0.2, 0.25) is 0 Å². The van der Waals surface area contributed by atoms with Crippen molar-refractivity contribution in [1.29, 1.82) is 0 Å². The van der Waals surface area contributed by atoms with Crippen molar-refractivity contribution >= 4 is 34.7 Å². The van der Waals surface area contributed by atoms with E-state index in [2.05, 4.69) is 20.8 Å². The summed E-state index contributed by atoms with van der Waals surface area (Å²) in [6.07, 6.45) is -0.0833. The summed E-state index contributed by atoms with van der Waals surface area (Å²) < 4.78 is 0. The van der Waals surface area contributed by atoms with Crippen molar-refractivity contribution in [3.63, 3.8) is 0 Å². The number of rotatable bonds is 6. The second-order valence-corrected chi connectivity index (χ2v) is 4.25. The Kier molecular flexibility index (Phi) is 30.3. The number of ketones is 6. The van der Waals surface area contributed by atoms with E-state index in [9.17, 15) is 28.8 Å². The van der Waals surface area contributed by atoms with Crippen LogP contribution < -0.4 is 0 Å². The summed E-state index contributed by atoms with van der Waals surface area (Å²) in [6.45, 7) is 13.1. The fraction of sp³-hybridized carbons (Fsp3) is 0.400. The summed E-state index contributed by atoms with van der Waals surface area (Å²) in [4.78, 5) is 59.7. The normalized spacial score (nSPS) is 7.43. The van der Waals surface area contributed by atoms with Crippen LogP contribution in [0.3, 0.4) is 0 Å². The van der Waals surface area contributed by atoms with Gasteiger partial charge in [0.1, 0.15) is 17.3 Å². The average molecular weight is 483 g/mol. The van der Waals surface area contributed by atoms with Crippen molar-refractivity contribution in [1.82, 2.24) is 0 Å². The van der Waals surface area contributed by atoms with Gasteiger partial charge < -0.3 is 40.6 Å². The summed E-state index contributed by atoms with van der Waals surface area (Å²) in [5.74, 6) is -1.31. The van der Waals surface area contributed by atoms with Crippen molar-refractivity contribution < 1.29 is 71.5 Å². The molecule has 2 N–H and O–H groups in total. The van der Waals surface area contributed by atoms with Gasteiger partial charge in [-0.15, -0.1) is 0 Å². The van der Waals surface area contributed by atoms with Gasteiger partial charge in [-0.1, -0.05) is 0 Å². The third kappa shape index (κ3) is 63.0. The molecule has 0 saturated carbocycles. The quantitative estimate of drug-likeness (QED) is 0.394. The van der Waals surface area contributed by atoms with E-state index in [4.69, 9.17) is 0 Å². The molecule has 0 bridgehead atoms. The summed E-state index contributed by atoms with van der Waals surface area (Å²) in [6, 6.07) is 0. The molecule has 8 heteroatoms. The van der Waals surface area contributed by atoms with Crippen molar-refractivity contribution in [3.05, 3.63) is 20.8 Å². The Balaban J connectivity index is -0.0000000675. The molecule has 0 heterocycles. The number of carbonyl (C=O) groups is 6. The van der Waals surface area contributed by atoms with Gasteiger partial charge in [0.25, 0.3) is 0 Å². The van der Waals surface area contributed by atoms with Gasteiger partial charge in [0.2, 0.25) is 0 Å². The van der Waals surface area contributed by atoms with Gasteiger partial charge in [0.15, 0.2) is 0 Å². The molecule has 23 heavy (non-hydrogen) atoms. The minimum absolute atomic E-state index is 0. The molecule has 0 aromatic carbocycles. The number of carbonyl (C=O) groups excluding carboxylic acids is 6. The molecular formula is C15H23ErO7. The first-order valence-electron chi connectivity index (χ1n) is 5.91. The molecule has 0 atom stereocenters. The molecule has 0 aliphatic rings. The van der Waals surface area contributed by atoms with Crippen molar-refractivity contribution in [3.8, 4) is 0 Å². The third-order valence-corrected chi connectivity index (χ3v) is 1.34. The number of Topliss-reactive ketones (excluding diaryl/α,β-unsaturated/α-hetero) is 6. The molecule has 0 aromatic rings. The maximum absolute atomic E-state index is 9.99. The standard InChI is InChI=1S/3C5H7O2.Er.H2O/c3*1-4(6)3-5(2)7;;/h3*1,3H2,2H3;;1H2/q3*-1;+3;. The van der Waals surface area contributed by atoms with E-state index >= 15 is 0 Å². The van der Waals surface area contributed by atoms with E-state index in [1.54, 1.807) is 0 Å². The zero-order chi connectivity index (χ0) is 17.6. The van der Waals surface area contributed by atoms with Gasteiger partial charge in [0, 0.05) is 36.6 Å². The van der Waals surface area contributed by atoms with Gasteiger partial charge in [0.05, 0.1) is 0 Å². The van der Waals surface area contributed by atoms with Gasteiger partial charge in [-0.3, -0.25) is 14.4 Å². The van der Waals surface area contributed by atoms with Crippen LogP contribution in [0.5, 0.6) is 0 Å². The minimum atomic E-state index is -0.312. The van der Waals surface area contributed by atoms with Gasteiger partial charge >= 0.3 is 37.3 Å². The maximum Gasteiger partial charge on any atom is 3.00 e. The fourth-order valence-corrected chi connectivity index (χ4v) is 0.833. The third-order valence-electron chi connectivity index (χ3n) is 1.34. The van der Waals surface area contributed by atoms with Crippen molar-refractivity contribution in [2.24, 2.45) is 0 Å². The van der Waals surface area contributed by atoms with Crippen LogP contribution in [0.25, 0.3) is 0 Å². The Morgan fingerprint density at radius 1 is 0.565 bits per heavy atom. The SMILES string of the molecule is O.[CH2-]C(=O)CC(C)=O.[CH2-]C(=O)CC(C)=O.[CH2-]C(=O)CC(C)=O.[Er+3]. The molecule has 1 radical (unpaired) electrons. The predicted octanol–water partition coefficient (Wildman–Crippen LogP) is 0.281. The topological polar surface area (TPSA) is 134 Å². The van der Waals surface area contributed by atoms with Crippen molar-refractivity contribution in [2.45, 2.75) is 40.0 Å². The predicted molar refractivity (Wildman–Crippen MR) is 80.6 cm³/mol. The smallest absolute Gasteiger partial charge is 0.412 e. The molecule has 0 aliphatic heterocycles. The molecule has 0 aromatic heterocycles. The van der Waals surface area contributed by atoms with E-state index in [1.807, 2.05) is 0 Å². The first kappa shape index (κ1) is 33.4. The molecule has 0 unspecified atom stereocenters. The van der Waals surface area contributed by atoms with Crippen molar-refractivity contribution in [2.75, 3.05) is 0 Å². The number of hydrogen-bond acceptors (Lipinski definition) is 6. The summed E-state index contributed by atoms with van der Waals surface area (Å²) >= 11 is 0. The van der Waals surface area contributed by atoms with Gasteiger partial charge in [-0.25, -0.2) is 0 Å². The molecule has 0 saturated heterocycles. The second kappa shape index (κ2) is 20.8. The van der Waals surface area contributed by atoms with Crippen LogP contribution in [0, 0.1) is 58.1 Å². The molecular weight excluding hydrogens is 459 g/mol. The Hall–Kier alpha value is -1.16. The Bertz CT molecular complexity index is 316. The van der Waals surface area contributed by atoms with Crippen LogP contribution >= 0.6 is 0 Å². The van der Waals surface area contributed by atoms with E-state index in [-0.39, 0.29) is 96.7 Å². The summed E-state index contributed by atoms with van der Waals surface area (Å²) in [5, 5.41) is 0. The molecule has 7 nitrogen and oxygen atoms in total. The Morgan fingerprint density at radius 3 is 0.696 bits per heavy atom. The van der Waals surface area contributed by atoms with E-state index in [1.165, 1.54) is 20.8 Å². The summed E-state index contributed by atoms with van der Waals surface area (Å²) in [5.41, 5.74) is 0. The first-order chi connectivity index (χ1) is 9.38. The minimum Gasteiger partial charge on any atom is -0.412 e. The van der Waals surface area contributed by atoms with E-state index in [0.29, 0.717) is 0 Å². The number of hydrogen-bond donors (Lipinski definition) is 0. The maximum atomic E-state index is 9.99. The van der Waals surface area contributed by atoms with Crippen LogP contribution in [0.1, 0.15) is 40.0 Å². The van der Waals surface area contributed by atoms with Crippen LogP contribution in [0.15, 0.2) is 0 Å². The molecule has 0 spiro atoms. The zero-order valence-electron chi connectivity index (χ0n) is 13.5. The Labute approximate surface area is 166 Å². The Morgan fingerprint density at radius 2 is 0.696 bits per heavy atom. The zero-order valence-corrected chi connectivity index (χ0v) is 15.3. The first-order valence-corrected chi connectivity index (χ1v) is 5.91. The molecule has 0 amide bonds. The molecule has 0 fully saturated rings. The average Bonchev–Trinajstić information content (AvgIpc) is 2.10. The summed E-state index contributed by atoms with van der Waals surface area (Å²) in [7, 11) is 0. The van der Waals surface area contributed by atoms with Crippen LogP contribution in [-0.4, -0.2) is 40.2 Å². The van der Waals surface area contributed by atoms with Gasteiger partial charge in [-0.05, 0) is 20.8 Å². The second-order valence-electron chi connectivity index (χ2n) is 4.25. The largest absolute Gasteiger partial charge is 3.00 e. The monoisotopic (exact) mass is 481 g/mol. The molecule has 137 valence electrons. The molecule has 0 rings (SSSR count). The molecule has 0 aliphatic carbocycles. The van der Waals surface area contributed by atoms with E-state index in [0.717, 1.165) is 0 Å². The van der Waals surface area contributed by atoms with E-state index < -0.39 is 0 Å². The van der Waals surface area contributed by atoms with Gasteiger partial charge in [-0.2, -0.15) is 0 Å². The fourth-order valence-electron chi connectivity index (χ4n) is 0.833. The van der Waals surface area contributed by atoms with Crippen LogP contribution in [-0.2, 0) is 28.8 Å². The van der Waals surface area contributed by atoms with Crippen LogP contribution in [0.4, 0.5) is 0 Å².